The van der Waals surface area contributed by atoms with Crippen molar-refractivity contribution in [3.05, 3.63) is 95.3 Å². The number of hydrogen-bond donors (Lipinski definition) is 1. The average Bonchev–Trinajstić information content (AvgIpc) is 2.64. The molecule has 2 aromatic carbocycles. The van der Waals surface area contributed by atoms with Gasteiger partial charge in [0.2, 0.25) is 0 Å². The molecule has 1 aromatic heterocycles. The van der Waals surface area contributed by atoms with Gasteiger partial charge in [0, 0.05) is 22.5 Å². The van der Waals surface area contributed by atoms with Crippen molar-refractivity contribution in [3.63, 3.8) is 0 Å². The topological polar surface area (TPSA) is 63.6 Å². The summed E-state index contributed by atoms with van der Waals surface area (Å²) in [5, 5.41) is 7.07. The average molecular weight is 352 g/mol. The highest BCUT2D eigenvalue weighted by Gasteiger charge is 2.11. The zero-order valence-corrected chi connectivity index (χ0v) is 13.9. The van der Waals surface area contributed by atoms with E-state index in [-0.39, 0.29) is 0 Å². The molecule has 3 rings (SSSR count). The van der Waals surface area contributed by atoms with Gasteiger partial charge in [0.1, 0.15) is 5.71 Å². The number of pyridine rings is 1. The SMILES string of the molecule is O=C(Nc1cccc(Cl)c1)ON=C(c1ccccc1)c1ccccn1. The van der Waals surface area contributed by atoms with Crippen molar-refractivity contribution in [1.29, 1.82) is 0 Å². The number of carbonyl (C=O) groups excluding carboxylic acids is 1. The van der Waals surface area contributed by atoms with Gasteiger partial charge in [-0.15, -0.1) is 0 Å². The summed E-state index contributed by atoms with van der Waals surface area (Å²) in [6.07, 6.45) is 0.937. The Morgan fingerprint density at radius 3 is 2.52 bits per heavy atom. The molecule has 5 nitrogen and oxygen atoms in total. The van der Waals surface area contributed by atoms with Crippen molar-refractivity contribution >= 4 is 29.1 Å². The first-order valence-electron chi connectivity index (χ1n) is 7.51. The van der Waals surface area contributed by atoms with Crippen LogP contribution in [0.15, 0.2) is 84.1 Å². The second-order valence-electron chi connectivity index (χ2n) is 5.03. The van der Waals surface area contributed by atoms with E-state index in [2.05, 4.69) is 15.5 Å². The van der Waals surface area contributed by atoms with Crippen molar-refractivity contribution in [1.82, 2.24) is 4.98 Å². The van der Waals surface area contributed by atoms with Crippen molar-refractivity contribution in [2.45, 2.75) is 0 Å². The van der Waals surface area contributed by atoms with E-state index in [4.69, 9.17) is 16.4 Å². The third-order valence-electron chi connectivity index (χ3n) is 3.25. The molecule has 3 aromatic rings. The van der Waals surface area contributed by atoms with Crippen LogP contribution < -0.4 is 5.32 Å². The van der Waals surface area contributed by atoms with Crippen LogP contribution in [-0.2, 0) is 4.84 Å². The van der Waals surface area contributed by atoms with E-state index >= 15 is 0 Å². The molecule has 0 aliphatic carbocycles. The number of benzene rings is 2. The van der Waals surface area contributed by atoms with Gasteiger partial charge in [0.15, 0.2) is 0 Å². The molecule has 0 aliphatic heterocycles. The number of amides is 1. The third-order valence-corrected chi connectivity index (χ3v) is 3.48. The summed E-state index contributed by atoms with van der Waals surface area (Å²) in [5.74, 6) is 0. The molecule has 1 N–H and O–H groups in total. The van der Waals surface area contributed by atoms with E-state index in [0.717, 1.165) is 5.56 Å². The Balaban J connectivity index is 1.80. The molecular formula is C19H14ClN3O2. The number of anilines is 1. The van der Waals surface area contributed by atoms with Crippen LogP contribution in [0, 0.1) is 0 Å². The lowest BCUT2D eigenvalue weighted by atomic mass is 10.1. The highest BCUT2D eigenvalue weighted by atomic mass is 35.5. The van der Waals surface area contributed by atoms with Gasteiger partial charge in [-0.3, -0.25) is 15.1 Å². The molecule has 124 valence electrons. The van der Waals surface area contributed by atoms with Gasteiger partial charge in [-0.2, -0.15) is 0 Å². The molecule has 0 fully saturated rings. The highest BCUT2D eigenvalue weighted by molar-refractivity contribution is 6.30. The Labute approximate surface area is 149 Å². The lowest BCUT2D eigenvalue weighted by molar-refractivity contribution is 0.166. The zero-order chi connectivity index (χ0) is 17.5. The van der Waals surface area contributed by atoms with E-state index < -0.39 is 6.09 Å². The number of hydrogen-bond acceptors (Lipinski definition) is 4. The Morgan fingerprint density at radius 1 is 1.00 bits per heavy atom. The summed E-state index contributed by atoms with van der Waals surface area (Å²) in [4.78, 5) is 21.3. The summed E-state index contributed by atoms with van der Waals surface area (Å²) in [6.45, 7) is 0. The summed E-state index contributed by atoms with van der Waals surface area (Å²) < 4.78 is 0. The van der Waals surface area contributed by atoms with Crippen LogP contribution in [0.4, 0.5) is 10.5 Å². The normalized spacial score (nSPS) is 11.0. The number of nitrogens with one attached hydrogen (secondary N) is 1. The number of nitrogens with zero attached hydrogens (tertiary/aromatic N) is 2. The van der Waals surface area contributed by atoms with Crippen molar-refractivity contribution in [2.24, 2.45) is 5.16 Å². The monoisotopic (exact) mass is 351 g/mol. The second-order valence-corrected chi connectivity index (χ2v) is 5.47. The second kappa shape index (κ2) is 8.08. The van der Waals surface area contributed by atoms with Crippen LogP contribution in [0.2, 0.25) is 5.02 Å². The molecule has 1 heterocycles. The lowest BCUT2D eigenvalue weighted by Crippen LogP contribution is -2.13. The van der Waals surface area contributed by atoms with Crippen molar-refractivity contribution in [2.75, 3.05) is 5.32 Å². The fraction of sp³-hybridized carbons (Fsp3) is 0. The number of carbonyl (C=O) groups is 1. The largest absolute Gasteiger partial charge is 0.437 e. The summed E-state index contributed by atoms with van der Waals surface area (Å²) >= 11 is 5.89. The molecule has 0 spiro atoms. The Morgan fingerprint density at radius 2 is 1.80 bits per heavy atom. The van der Waals surface area contributed by atoms with E-state index in [1.165, 1.54) is 0 Å². The number of aromatic nitrogens is 1. The third kappa shape index (κ3) is 4.65. The van der Waals surface area contributed by atoms with Crippen LogP contribution in [0.1, 0.15) is 11.3 Å². The maximum atomic E-state index is 12.0. The van der Waals surface area contributed by atoms with Crippen LogP contribution in [-0.4, -0.2) is 16.8 Å². The molecular weight excluding hydrogens is 338 g/mol. The van der Waals surface area contributed by atoms with Gasteiger partial charge >= 0.3 is 6.09 Å². The molecule has 0 atom stereocenters. The smallest absolute Gasteiger partial charge is 0.297 e. The van der Waals surface area contributed by atoms with Gasteiger partial charge < -0.3 is 0 Å². The molecule has 0 aliphatic rings. The fourth-order valence-corrected chi connectivity index (χ4v) is 2.33. The van der Waals surface area contributed by atoms with Gasteiger partial charge in [-0.25, -0.2) is 4.79 Å². The maximum Gasteiger partial charge on any atom is 0.437 e. The number of halogens is 1. The molecule has 0 unspecified atom stereocenters. The van der Waals surface area contributed by atoms with Crippen molar-refractivity contribution < 1.29 is 9.63 Å². The minimum absolute atomic E-state index is 0.461. The summed E-state index contributed by atoms with van der Waals surface area (Å²) in [7, 11) is 0. The Kier molecular flexibility index (Phi) is 5.39. The Hall–Kier alpha value is -3.18. The van der Waals surface area contributed by atoms with Crippen LogP contribution >= 0.6 is 11.6 Å². The Bertz CT molecular complexity index is 842. The van der Waals surface area contributed by atoms with Crippen LogP contribution in [0.3, 0.4) is 0 Å². The predicted octanol–water partition coefficient (Wildman–Crippen LogP) is 4.74. The highest BCUT2D eigenvalue weighted by Crippen LogP contribution is 2.15. The molecule has 25 heavy (non-hydrogen) atoms. The minimum atomic E-state index is -0.716. The van der Waals surface area contributed by atoms with Crippen molar-refractivity contribution in [3.8, 4) is 0 Å². The summed E-state index contributed by atoms with van der Waals surface area (Å²) in [5.41, 5.74) is 2.37. The molecule has 6 heteroatoms. The van der Waals surface area contributed by atoms with E-state index in [1.807, 2.05) is 36.4 Å². The molecule has 0 radical (unpaired) electrons. The van der Waals surface area contributed by atoms with Gasteiger partial charge in [0.05, 0.1) is 5.69 Å². The number of rotatable bonds is 4. The van der Waals surface area contributed by atoms with E-state index in [1.54, 1.807) is 42.6 Å². The maximum absolute atomic E-state index is 12.0. The first-order chi connectivity index (χ1) is 12.2. The molecule has 0 saturated carbocycles. The number of oxime groups is 1. The first-order valence-corrected chi connectivity index (χ1v) is 7.88. The summed E-state index contributed by atoms with van der Waals surface area (Å²) in [6, 6.07) is 21.6. The van der Waals surface area contributed by atoms with E-state index in [0.29, 0.717) is 22.1 Å². The minimum Gasteiger partial charge on any atom is -0.297 e. The van der Waals surface area contributed by atoms with E-state index in [9.17, 15) is 4.79 Å². The van der Waals surface area contributed by atoms with Crippen LogP contribution in [0.25, 0.3) is 0 Å². The zero-order valence-electron chi connectivity index (χ0n) is 13.1. The van der Waals surface area contributed by atoms with Gasteiger partial charge in [0.25, 0.3) is 0 Å². The standard InChI is InChI=1S/C19H14ClN3O2/c20-15-9-6-10-16(13-15)22-19(24)25-23-18(14-7-2-1-3-8-14)17-11-4-5-12-21-17/h1-13H,(H,22,24). The quantitative estimate of drug-likeness (QED) is 0.419. The van der Waals surface area contributed by atoms with Gasteiger partial charge in [-0.05, 0) is 30.3 Å². The fourth-order valence-electron chi connectivity index (χ4n) is 2.14. The molecule has 0 bridgehead atoms. The lowest BCUT2D eigenvalue weighted by Gasteiger charge is -2.07. The van der Waals surface area contributed by atoms with Gasteiger partial charge in [-0.1, -0.05) is 59.2 Å². The predicted molar refractivity (Wildman–Crippen MR) is 97.9 cm³/mol. The molecule has 0 saturated heterocycles. The molecule has 1 amide bonds. The first kappa shape index (κ1) is 16.7. The van der Waals surface area contributed by atoms with Crippen LogP contribution in [0.5, 0.6) is 0 Å².